The zero-order chi connectivity index (χ0) is 10.2. The second kappa shape index (κ2) is 7.63. The number of rotatable bonds is 8. The standard InChI is InChI=1S/C8H17O3PS/c1-4-7-13-8-12(9,10-5-2)11-6-3/h4H,1,5-8H2,2-3H3. The van der Waals surface area contributed by atoms with Crippen LogP contribution >= 0.6 is 19.4 Å². The molecular weight excluding hydrogens is 207 g/mol. The summed E-state index contributed by atoms with van der Waals surface area (Å²) in [5.74, 6) is 0.768. The molecule has 0 saturated heterocycles. The third kappa shape index (κ3) is 6.33. The minimum atomic E-state index is -2.83. The summed E-state index contributed by atoms with van der Waals surface area (Å²) < 4.78 is 22.0. The summed E-state index contributed by atoms with van der Waals surface area (Å²) >= 11 is 1.51. The zero-order valence-corrected chi connectivity index (χ0v) is 9.90. The van der Waals surface area contributed by atoms with E-state index in [0.29, 0.717) is 18.7 Å². The van der Waals surface area contributed by atoms with E-state index in [-0.39, 0.29) is 0 Å². The minimum Gasteiger partial charge on any atom is -0.308 e. The molecule has 0 spiro atoms. The summed E-state index contributed by atoms with van der Waals surface area (Å²) in [5.41, 5.74) is 0.403. The van der Waals surface area contributed by atoms with Gasteiger partial charge in [-0.15, -0.1) is 18.3 Å². The first-order valence-electron chi connectivity index (χ1n) is 4.25. The average molecular weight is 224 g/mol. The van der Waals surface area contributed by atoms with Crippen molar-refractivity contribution in [2.45, 2.75) is 13.8 Å². The van der Waals surface area contributed by atoms with E-state index < -0.39 is 7.60 Å². The molecule has 0 heterocycles. The first-order chi connectivity index (χ1) is 6.18. The van der Waals surface area contributed by atoms with Crippen molar-refractivity contribution in [2.75, 3.05) is 24.5 Å². The van der Waals surface area contributed by atoms with Crippen LogP contribution in [0, 0.1) is 0 Å². The fourth-order valence-corrected chi connectivity index (χ4v) is 3.69. The summed E-state index contributed by atoms with van der Waals surface area (Å²) in [7, 11) is -2.83. The predicted octanol–water partition coefficient (Wildman–Crippen LogP) is 3.13. The Kier molecular flexibility index (Phi) is 7.77. The van der Waals surface area contributed by atoms with Gasteiger partial charge in [0, 0.05) is 5.75 Å². The number of thioether (sulfide) groups is 1. The third-order valence-electron chi connectivity index (χ3n) is 1.14. The van der Waals surface area contributed by atoms with E-state index in [0.717, 1.165) is 5.75 Å². The molecule has 0 radical (unpaired) electrons. The molecule has 0 saturated carbocycles. The van der Waals surface area contributed by atoms with E-state index in [1.165, 1.54) is 11.8 Å². The predicted molar refractivity (Wildman–Crippen MR) is 58.4 cm³/mol. The highest BCUT2D eigenvalue weighted by atomic mass is 32.2. The normalized spacial score (nSPS) is 11.5. The Bertz CT molecular complexity index is 174. The lowest BCUT2D eigenvalue weighted by Crippen LogP contribution is -1.98. The molecule has 0 aliphatic carbocycles. The molecular formula is C8H17O3PS. The molecule has 0 aliphatic rings. The molecule has 3 nitrogen and oxygen atoms in total. The second-order valence-corrected chi connectivity index (χ2v) is 5.75. The SMILES string of the molecule is C=CCSCP(=O)(OCC)OCC. The van der Waals surface area contributed by atoms with E-state index in [1.54, 1.807) is 6.08 Å². The molecule has 0 aromatic carbocycles. The van der Waals surface area contributed by atoms with Gasteiger partial charge in [-0.2, -0.15) is 0 Å². The summed E-state index contributed by atoms with van der Waals surface area (Å²) in [4.78, 5) is 0. The Morgan fingerprint density at radius 1 is 1.38 bits per heavy atom. The Balaban J connectivity index is 3.91. The summed E-state index contributed by atoms with van der Waals surface area (Å²) in [6.45, 7) is 8.04. The largest absolute Gasteiger partial charge is 0.340 e. The van der Waals surface area contributed by atoms with Crippen molar-refractivity contribution >= 4 is 19.4 Å². The maximum atomic E-state index is 11.8. The fourth-order valence-electron chi connectivity index (χ4n) is 0.753. The van der Waals surface area contributed by atoms with E-state index in [9.17, 15) is 4.57 Å². The lowest BCUT2D eigenvalue weighted by atomic mass is 10.8. The van der Waals surface area contributed by atoms with E-state index in [2.05, 4.69) is 6.58 Å². The van der Waals surface area contributed by atoms with Gasteiger partial charge in [0.25, 0.3) is 0 Å². The summed E-state index contributed by atoms with van der Waals surface area (Å²) in [6, 6.07) is 0. The average Bonchev–Trinajstić information content (AvgIpc) is 2.05. The molecule has 0 unspecified atom stereocenters. The minimum absolute atomic E-state index is 0.403. The molecule has 0 aliphatic heterocycles. The Labute approximate surface area is 84.4 Å². The summed E-state index contributed by atoms with van der Waals surface area (Å²) in [5, 5.41) is 0. The van der Waals surface area contributed by atoms with Crippen LogP contribution in [-0.2, 0) is 13.6 Å². The van der Waals surface area contributed by atoms with Crippen LogP contribution in [0.2, 0.25) is 0 Å². The van der Waals surface area contributed by atoms with Crippen LogP contribution in [0.25, 0.3) is 0 Å². The second-order valence-electron chi connectivity index (χ2n) is 2.24. The molecule has 0 atom stereocenters. The topological polar surface area (TPSA) is 35.5 Å². The Morgan fingerprint density at radius 2 is 1.92 bits per heavy atom. The molecule has 0 fully saturated rings. The van der Waals surface area contributed by atoms with Crippen molar-refractivity contribution in [3.8, 4) is 0 Å². The molecule has 0 N–H and O–H groups in total. The first kappa shape index (κ1) is 13.2. The van der Waals surface area contributed by atoms with Crippen molar-refractivity contribution in [3.63, 3.8) is 0 Å². The third-order valence-corrected chi connectivity index (χ3v) is 4.91. The van der Waals surface area contributed by atoms with Crippen LogP contribution in [0.3, 0.4) is 0 Å². The molecule has 0 aromatic rings. The van der Waals surface area contributed by atoms with E-state index in [4.69, 9.17) is 9.05 Å². The molecule has 5 heteroatoms. The highest BCUT2D eigenvalue weighted by Crippen LogP contribution is 2.50. The van der Waals surface area contributed by atoms with Crippen molar-refractivity contribution in [2.24, 2.45) is 0 Å². The van der Waals surface area contributed by atoms with Crippen molar-refractivity contribution in [1.29, 1.82) is 0 Å². The van der Waals surface area contributed by atoms with Gasteiger partial charge in [-0.05, 0) is 13.8 Å². The van der Waals surface area contributed by atoms with Crippen LogP contribution < -0.4 is 0 Å². The highest BCUT2D eigenvalue weighted by Gasteiger charge is 2.22. The van der Waals surface area contributed by atoms with Gasteiger partial charge in [-0.25, -0.2) is 0 Å². The van der Waals surface area contributed by atoms with Gasteiger partial charge in [0.2, 0.25) is 0 Å². The van der Waals surface area contributed by atoms with Crippen molar-refractivity contribution < 1.29 is 13.6 Å². The molecule has 0 bridgehead atoms. The molecule has 0 aromatic heterocycles. The van der Waals surface area contributed by atoms with Gasteiger partial charge in [-0.3, -0.25) is 4.57 Å². The number of hydrogen-bond acceptors (Lipinski definition) is 4. The van der Waals surface area contributed by atoms with Crippen molar-refractivity contribution in [3.05, 3.63) is 12.7 Å². The first-order valence-corrected chi connectivity index (χ1v) is 7.13. The van der Waals surface area contributed by atoms with Gasteiger partial charge in [0.1, 0.15) is 0 Å². The van der Waals surface area contributed by atoms with E-state index >= 15 is 0 Å². The molecule has 13 heavy (non-hydrogen) atoms. The zero-order valence-electron chi connectivity index (χ0n) is 8.19. The fraction of sp³-hybridized carbons (Fsp3) is 0.750. The Hall–Kier alpha value is 0.240. The van der Waals surface area contributed by atoms with Gasteiger partial charge in [0.05, 0.1) is 18.7 Å². The number of hydrogen-bond donors (Lipinski definition) is 0. The van der Waals surface area contributed by atoms with Crippen LogP contribution in [0.5, 0.6) is 0 Å². The maximum Gasteiger partial charge on any atom is 0.340 e. The Morgan fingerprint density at radius 3 is 2.31 bits per heavy atom. The highest BCUT2D eigenvalue weighted by molar-refractivity contribution is 8.04. The lowest BCUT2D eigenvalue weighted by Gasteiger charge is -2.15. The van der Waals surface area contributed by atoms with Crippen LogP contribution in [0.1, 0.15) is 13.8 Å². The van der Waals surface area contributed by atoms with Gasteiger partial charge in [0.15, 0.2) is 0 Å². The van der Waals surface area contributed by atoms with Gasteiger partial charge >= 0.3 is 7.60 Å². The quantitative estimate of drug-likeness (QED) is 0.360. The van der Waals surface area contributed by atoms with Crippen LogP contribution in [0.15, 0.2) is 12.7 Å². The molecule has 0 rings (SSSR count). The molecule has 78 valence electrons. The molecule has 0 amide bonds. The van der Waals surface area contributed by atoms with Crippen LogP contribution in [-0.4, -0.2) is 24.5 Å². The maximum absolute atomic E-state index is 11.8. The van der Waals surface area contributed by atoms with E-state index in [1.807, 2.05) is 13.8 Å². The monoisotopic (exact) mass is 224 g/mol. The summed E-state index contributed by atoms with van der Waals surface area (Å²) in [6.07, 6.45) is 1.77. The van der Waals surface area contributed by atoms with Gasteiger partial charge < -0.3 is 9.05 Å². The lowest BCUT2D eigenvalue weighted by molar-refractivity contribution is 0.224. The van der Waals surface area contributed by atoms with Crippen LogP contribution in [0.4, 0.5) is 0 Å². The van der Waals surface area contributed by atoms with Gasteiger partial charge in [-0.1, -0.05) is 6.08 Å². The smallest absolute Gasteiger partial charge is 0.308 e. The van der Waals surface area contributed by atoms with Crippen molar-refractivity contribution in [1.82, 2.24) is 0 Å².